The van der Waals surface area contributed by atoms with E-state index in [1.165, 1.54) is 7.05 Å². The van der Waals surface area contributed by atoms with Crippen LogP contribution in [-0.2, 0) is 23.4 Å². The molecule has 0 aliphatic carbocycles. The van der Waals surface area contributed by atoms with Gasteiger partial charge in [-0.3, -0.25) is 4.68 Å². The lowest BCUT2D eigenvalue weighted by Gasteiger charge is -2.28. The van der Waals surface area contributed by atoms with E-state index in [0.717, 1.165) is 20.8 Å². The number of rotatable bonds is 3. The van der Waals surface area contributed by atoms with E-state index in [0.29, 0.717) is 12.5 Å². The summed E-state index contributed by atoms with van der Waals surface area (Å²) in [6.07, 6.45) is -5.54. The molecule has 2 heterocycles. The topological polar surface area (TPSA) is 39.4 Å². The van der Waals surface area contributed by atoms with Gasteiger partial charge in [0, 0.05) is 18.4 Å². The van der Waals surface area contributed by atoms with E-state index < -0.39 is 35.5 Å². The fourth-order valence-electron chi connectivity index (χ4n) is 2.91. The Morgan fingerprint density at radius 2 is 1.85 bits per heavy atom. The molecule has 1 unspecified atom stereocenters. The van der Waals surface area contributed by atoms with Crippen molar-refractivity contribution in [1.82, 2.24) is 9.78 Å². The number of hydrogen-bond acceptors (Lipinski definition) is 3. The maximum Gasteiger partial charge on any atom is 0.437 e. The monoisotopic (exact) mass is 451 g/mol. The summed E-state index contributed by atoms with van der Waals surface area (Å²) in [6, 6.07) is 5.70. The van der Waals surface area contributed by atoms with Gasteiger partial charge in [-0.05, 0) is 36.2 Å². The Morgan fingerprint density at radius 1 is 1.19 bits per heavy atom. The Morgan fingerprint density at radius 3 is 2.37 bits per heavy atom. The molecule has 3 rings (SSSR count). The third-order valence-electron chi connectivity index (χ3n) is 4.42. The van der Waals surface area contributed by atoms with Crippen LogP contribution >= 0.6 is 15.9 Å². The van der Waals surface area contributed by atoms with Gasteiger partial charge in [-0.2, -0.15) is 27.1 Å². The fraction of sp³-hybridized carbons (Fsp3) is 0.412. The highest BCUT2D eigenvalue weighted by molar-refractivity contribution is 9.10. The standard InChI is InChI=1S/C17H15BrF5N3O/c1-9-6-10(4-5-11(9)18)12-8-16(27-25-12,17(21,22)23)14-7-13(15(2,19)20)24-26(14)3/h4-7H,8H2,1-3H3. The zero-order valence-corrected chi connectivity index (χ0v) is 16.1. The Kier molecular flexibility index (Phi) is 4.61. The highest BCUT2D eigenvalue weighted by atomic mass is 79.9. The average Bonchev–Trinajstić information content (AvgIpc) is 3.13. The Bertz CT molecular complexity index is 916. The van der Waals surface area contributed by atoms with Crippen LogP contribution in [0.25, 0.3) is 0 Å². The lowest BCUT2D eigenvalue weighted by atomic mass is 9.89. The number of aromatic nitrogens is 2. The van der Waals surface area contributed by atoms with Crippen LogP contribution in [0.5, 0.6) is 0 Å². The number of aryl methyl sites for hydroxylation is 2. The largest absolute Gasteiger partial charge is 0.437 e. The molecule has 0 spiro atoms. The second-order valence-electron chi connectivity index (χ2n) is 6.52. The number of oxime groups is 1. The van der Waals surface area contributed by atoms with E-state index in [1.807, 2.05) is 0 Å². The van der Waals surface area contributed by atoms with E-state index in [9.17, 15) is 22.0 Å². The Hall–Kier alpha value is -1.97. The number of hydrogen-bond donors (Lipinski definition) is 0. The third kappa shape index (κ3) is 3.35. The molecule has 1 aliphatic heterocycles. The molecule has 1 atom stereocenters. The number of halogens is 6. The highest BCUT2D eigenvalue weighted by Gasteiger charge is 2.64. The van der Waals surface area contributed by atoms with Crippen LogP contribution in [0, 0.1) is 6.92 Å². The summed E-state index contributed by atoms with van der Waals surface area (Å²) >= 11 is 3.33. The molecule has 2 aromatic rings. The SMILES string of the molecule is Cc1cc(C2=NOC(c3cc(C(C)(F)F)nn3C)(C(F)(F)F)C2)ccc1Br. The van der Waals surface area contributed by atoms with E-state index in [-0.39, 0.29) is 5.71 Å². The molecular formula is C17H15BrF5N3O. The zero-order chi connectivity index (χ0) is 20.2. The number of benzene rings is 1. The Balaban J connectivity index is 2.05. The normalized spacial score (nSPS) is 20.6. The minimum atomic E-state index is -4.89. The van der Waals surface area contributed by atoms with Crippen LogP contribution < -0.4 is 0 Å². The van der Waals surface area contributed by atoms with E-state index in [1.54, 1.807) is 25.1 Å². The molecule has 4 nitrogen and oxygen atoms in total. The fourth-order valence-corrected chi connectivity index (χ4v) is 3.15. The molecule has 0 radical (unpaired) electrons. The van der Waals surface area contributed by atoms with Crippen LogP contribution in [0.1, 0.15) is 35.9 Å². The third-order valence-corrected chi connectivity index (χ3v) is 5.31. The summed E-state index contributed by atoms with van der Waals surface area (Å²) in [5.41, 5.74) is -2.82. The molecule has 146 valence electrons. The van der Waals surface area contributed by atoms with Gasteiger partial charge in [-0.15, -0.1) is 0 Å². The van der Waals surface area contributed by atoms with Crippen molar-refractivity contribution in [2.45, 2.75) is 38.0 Å². The van der Waals surface area contributed by atoms with Crippen LogP contribution in [0.2, 0.25) is 0 Å². The minimum Gasteiger partial charge on any atom is -0.372 e. The first-order chi connectivity index (χ1) is 12.3. The van der Waals surface area contributed by atoms with Crippen molar-refractivity contribution in [3.63, 3.8) is 0 Å². The van der Waals surface area contributed by atoms with Gasteiger partial charge in [0.1, 0.15) is 5.69 Å². The first-order valence-corrected chi connectivity index (χ1v) is 8.65. The molecular weight excluding hydrogens is 437 g/mol. The molecule has 0 fully saturated rings. The minimum absolute atomic E-state index is 0.0777. The molecule has 1 aliphatic rings. The summed E-state index contributed by atoms with van der Waals surface area (Å²) in [4.78, 5) is 4.88. The molecule has 0 bridgehead atoms. The van der Waals surface area contributed by atoms with E-state index in [2.05, 4.69) is 26.2 Å². The second-order valence-corrected chi connectivity index (χ2v) is 7.38. The van der Waals surface area contributed by atoms with Gasteiger partial charge < -0.3 is 4.84 Å². The van der Waals surface area contributed by atoms with Crippen molar-refractivity contribution < 1.29 is 26.8 Å². The van der Waals surface area contributed by atoms with Gasteiger partial charge in [-0.25, -0.2) is 0 Å². The van der Waals surface area contributed by atoms with Crippen LogP contribution in [-0.4, -0.2) is 21.7 Å². The maximum atomic E-state index is 14.0. The van der Waals surface area contributed by atoms with Gasteiger partial charge >= 0.3 is 6.18 Å². The Labute approximate surface area is 160 Å². The van der Waals surface area contributed by atoms with Gasteiger partial charge in [0.05, 0.1) is 17.8 Å². The molecule has 0 N–H and O–H groups in total. The molecule has 0 saturated carbocycles. The van der Waals surface area contributed by atoms with E-state index >= 15 is 0 Å². The molecule has 1 aromatic heterocycles. The highest BCUT2D eigenvalue weighted by Crippen LogP contribution is 2.49. The van der Waals surface area contributed by atoms with Gasteiger partial charge in [-0.1, -0.05) is 27.2 Å². The van der Waals surface area contributed by atoms with Crippen molar-refractivity contribution >= 4 is 21.6 Å². The number of nitrogens with zero attached hydrogens (tertiary/aromatic N) is 3. The van der Waals surface area contributed by atoms with Crippen molar-refractivity contribution in [1.29, 1.82) is 0 Å². The predicted molar refractivity (Wildman–Crippen MR) is 91.6 cm³/mol. The van der Waals surface area contributed by atoms with Crippen LogP contribution in [0.3, 0.4) is 0 Å². The van der Waals surface area contributed by atoms with Gasteiger partial charge in [0.2, 0.25) is 0 Å². The predicted octanol–water partition coefficient (Wildman–Crippen LogP) is 5.18. The first-order valence-electron chi connectivity index (χ1n) is 7.86. The molecule has 0 saturated heterocycles. The zero-order valence-electron chi connectivity index (χ0n) is 14.5. The lowest BCUT2D eigenvalue weighted by molar-refractivity contribution is -0.278. The summed E-state index contributed by atoms with van der Waals surface area (Å²) in [5, 5.41) is 7.18. The number of alkyl halides is 5. The summed E-state index contributed by atoms with van der Waals surface area (Å²) < 4.78 is 70.6. The summed E-state index contributed by atoms with van der Waals surface area (Å²) in [7, 11) is 1.17. The molecule has 0 amide bonds. The smallest absolute Gasteiger partial charge is 0.372 e. The summed E-state index contributed by atoms with van der Waals surface area (Å²) in [6.45, 7) is 2.36. The van der Waals surface area contributed by atoms with Crippen LogP contribution in [0.15, 0.2) is 33.9 Å². The van der Waals surface area contributed by atoms with Crippen molar-refractivity contribution in [2.75, 3.05) is 0 Å². The average molecular weight is 452 g/mol. The van der Waals surface area contributed by atoms with Crippen LogP contribution in [0.4, 0.5) is 22.0 Å². The summed E-state index contributed by atoms with van der Waals surface area (Å²) in [5.74, 6) is -3.38. The first kappa shape index (κ1) is 19.8. The molecule has 27 heavy (non-hydrogen) atoms. The van der Waals surface area contributed by atoms with E-state index in [4.69, 9.17) is 4.84 Å². The maximum absolute atomic E-state index is 14.0. The van der Waals surface area contributed by atoms with Crippen molar-refractivity contribution in [2.24, 2.45) is 12.2 Å². The quantitative estimate of drug-likeness (QED) is 0.602. The molecule has 10 heteroatoms. The van der Waals surface area contributed by atoms with Crippen molar-refractivity contribution in [3.8, 4) is 0 Å². The lowest BCUT2D eigenvalue weighted by Crippen LogP contribution is -2.44. The molecule has 1 aromatic carbocycles. The second kappa shape index (κ2) is 6.29. The van der Waals surface area contributed by atoms with Gasteiger partial charge in [0.25, 0.3) is 11.5 Å². The van der Waals surface area contributed by atoms with Gasteiger partial charge in [0.15, 0.2) is 0 Å². The van der Waals surface area contributed by atoms with Crippen molar-refractivity contribution in [3.05, 3.63) is 51.3 Å².